The SMILES string of the molecule is CCCCc1cccc2c(OC(=O)c3ccccc3)c3ccccc3c(OC(=O)c3ccccc3)c12. The van der Waals surface area contributed by atoms with Crippen LogP contribution < -0.4 is 9.47 Å². The summed E-state index contributed by atoms with van der Waals surface area (Å²) in [4.78, 5) is 26.3. The largest absolute Gasteiger partial charge is 0.422 e. The van der Waals surface area contributed by atoms with Gasteiger partial charge in [0, 0.05) is 21.5 Å². The Balaban J connectivity index is 1.73. The maximum absolute atomic E-state index is 13.2. The van der Waals surface area contributed by atoms with Gasteiger partial charge in [-0.1, -0.05) is 92.2 Å². The molecule has 0 heterocycles. The van der Waals surface area contributed by atoms with Gasteiger partial charge in [0.25, 0.3) is 0 Å². The summed E-state index contributed by atoms with van der Waals surface area (Å²) in [6, 6.07) is 31.4. The lowest BCUT2D eigenvalue weighted by Crippen LogP contribution is -2.11. The van der Waals surface area contributed by atoms with Crippen molar-refractivity contribution in [2.45, 2.75) is 26.2 Å². The standard InChI is InChI=1S/C32H26O4/c1-2-3-13-22-18-12-21-27-28(22)30(36-32(34)24-16-8-5-9-17-24)26-20-11-10-19-25(26)29(27)35-31(33)23-14-6-4-7-15-23/h4-12,14-21H,2-3,13H2,1H3. The van der Waals surface area contributed by atoms with Crippen LogP contribution in [0.15, 0.2) is 103 Å². The molecule has 0 bridgehead atoms. The number of aryl methyl sites for hydroxylation is 1. The summed E-state index contributed by atoms with van der Waals surface area (Å²) in [6.07, 6.45) is 2.82. The number of esters is 2. The Hall–Kier alpha value is -4.44. The zero-order valence-electron chi connectivity index (χ0n) is 20.1. The molecule has 0 amide bonds. The van der Waals surface area contributed by atoms with Crippen molar-refractivity contribution in [2.75, 3.05) is 0 Å². The van der Waals surface area contributed by atoms with Gasteiger partial charge in [0.1, 0.15) is 11.5 Å². The lowest BCUT2D eigenvalue weighted by atomic mass is 9.94. The van der Waals surface area contributed by atoms with Gasteiger partial charge in [-0.2, -0.15) is 0 Å². The van der Waals surface area contributed by atoms with Gasteiger partial charge in [-0.3, -0.25) is 0 Å². The molecule has 5 rings (SSSR count). The van der Waals surface area contributed by atoms with E-state index >= 15 is 0 Å². The second kappa shape index (κ2) is 10.4. The second-order valence-electron chi connectivity index (χ2n) is 8.66. The molecule has 0 radical (unpaired) electrons. The third-order valence-electron chi connectivity index (χ3n) is 6.25. The summed E-state index contributed by atoms with van der Waals surface area (Å²) in [5.41, 5.74) is 1.99. The maximum Gasteiger partial charge on any atom is 0.343 e. The van der Waals surface area contributed by atoms with Crippen molar-refractivity contribution in [1.29, 1.82) is 0 Å². The summed E-state index contributed by atoms with van der Waals surface area (Å²) < 4.78 is 12.2. The third kappa shape index (κ3) is 4.58. The number of carbonyl (C=O) groups is 2. The van der Waals surface area contributed by atoms with E-state index in [1.54, 1.807) is 24.3 Å². The predicted octanol–water partition coefficient (Wildman–Crippen LogP) is 7.77. The van der Waals surface area contributed by atoms with Gasteiger partial charge in [-0.05, 0) is 42.7 Å². The maximum atomic E-state index is 13.2. The number of benzene rings is 5. The van der Waals surface area contributed by atoms with Gasteiger partial charge < -0.3 is 9.47 Å². The highest BCUT2D eigenvalue weighted by Crippen LogP contribution is 2.45. The summed E-state index contributed by atoms with van der Waals surface area (Å²) in [5.74, 6) is 0.0874. The monoisotopic (exact) mass is 474 g/mol. The molecule has 0 aromatic heterocycles. The molecule has 0 saturated carbocycles. The summed E-state index contributed by atoms with van der Waals surface area (Å²) >= 11 is 0. The molecule has 5 aromatic carbocycles. The molecule has 0 atom stereocenters. The molecule has 0 saturated heterocycles. The molecule has 5 aromatic rings. The number of rotatable bonds is 7. The quantitative estimate of drug-likeness (QED) is 0.137. The van der Waals surface area contributed by atoms with E-state index in [0.717, 1.165) is 35.6 Å². The molecule has 0 aliphatic carbocycles. The van der Waals surface area contributed by atoms with Crippen LogP contribution in [-0.4, -0.2) is 11.9 Å². The predicted molar refractivity (Wildman–Crippen MR) is 143 cm³/mol. The van der Waals surface area contributed by atoms with Gasteiger partial charge in [-0.15, -0.1) is 0 Å². The number of unbranched alkanes of at least 4 members (excludes halogenated alkanes) is 1. The van der Waals surface area contributed by atoms with E-state index in [-0.39, 0.29) is 0 Å². The Bertz CT molecular complexity index is 1540. The Morgan fingerprint density at radius 3 is 1.67 bits per heavy atom. The number of fused-ring (bicyclic) bond motifs is 2. The molecule has 0 aliphatic rings. The Morgan fingerprint density at radius 1 is 0.583 bits per heavy atom. The van der Waals surface area contributed by atoms with Crippen LogP contribution in [0.3, 0.4) is 0 Å². The van der Waals surface area contributed by atoms with E-state index in [2.05, 4.69) is 13.0 Å². The Kier molecular flexibility index (Phi) is 6.76. The fourth-order valence-electron chi connectivity index (χ4n) is 4.46. The first-order valence-electron chi connectivity index (χ1n) is 12.2. The minimum absolute atomic E-state index is 0.429. The molecular formula is C32H26O4. The topological polar surface area (TPSA) is 52.6 Å². The second-order valence-corrected chi connectivity index (χ2v) is 8.66. The van der Waals surface area contributed by atoms with E-state index in [1.807, 2.05) is 72.8 Å². The fourth-order valence-corrected chi connectivity index (χ4v) is 4.46. The first-order chi connectivity index (χ1) is 17.7. The molecule has 178 valence electrons. The van der Waals surface area contributed by atoms with Gasteiger partial charge >= 0.3 is 11.9 Å². The highest BCUT2D eigenvalue weighted by atomic mass is 16.5. The Labute approximate surface area is 210 Å². The van der Waals surface area contributed by atoms with Crippen LogP contribution in [0, 0.1) is 0 Å². The van der Waals surface area contributed by atoms with Crippen molar-refractivity contribution in [3.63, 3.8) is 0 Å². The molecule has 0 fully saturated rings. The van der Waals surface area contributed by atoms with E-state index in [0.29, 0.717) is 33.4 Å². The lowest BCUT2D eigenvalue weighted by Gasteiger charge is -2.19. The molecule has 4 nitrogen and oxygen atoms in total. The third-order valence-corrected chi connectivity index (χ3v) is 6.25. The number of ether oxygens (including phenoxy) is 2. The average molecular weight is 475 g/mol. The highest BCUT2D eigenvalue weighted by Gasteiger charge is 2.23. The molecule has 0 unspecified atom stereocenters. The number of hydrogen-bond acceptors (Lipinski definition) is 4. The van der Waals surface area contributed by atoms with Gasteiger partial charge in [-0.25, -0.2) is 9.59 Å². The van der Waals surface area contributed by atoms with Crippen molar-refractivity contribution < 1.29 is 19.1 Å². The van der Waals surface area contributed by atoms with E-state index in [1.165, 1.54) is 0 Å². The lowest BCUT2D eigenvalue weighted by molar-refractivity contribution is 0.0726. The fraction of sp³-hybridized carbons (Fsp3) is 0.125. The van der Waals surface area contributed by atoms with Crippen molar-refractivity contribution in [2.24, 2.45) is 0 Å². The van der Waals surface area contributed by atoms with Crippen LogP contribution in [0.4, 0.5) is 0 Å². The summed E-state index contributed by atoms with van der Waals surface area (Å²) in [7, 11) is 0. The van der Waals surface area contributed by atoms with Crippen molar-refractivity contribution in [1.82, 2.24) is 0 Å². The van der Waals surface area contributed by atoms with Crippen LogP contribution in [0.1, 0.15) is 46.0 Å². The molecule has 0 spiro atoms. The minimum atomic E-state index is -0.435. The summed E-state index contributed by atoms with van der Waals surface area (Å²) in [6.45, 7) is 2.14. The highest BCUT2D eigenvalue weighted by molar-refractivity contribution is 6.14. The number of hydrogen-bond donors (Lipinski definition) is 0. The van der Waals surface area contributed by atoms with E-state index in [4.69, 9.17) is 9.47 Å². The summed E-state index contributed by atoms with van der Waals surface area (Å²) in [5, 5.41) is 2.96. The van der Waals surface area contributed by atoms with Crippen LogP contribution >= 0.6 is 0 Å². The van der Waals surface area contributed by atoms with Crippen molar-refractivity contribution in [3.8, 4) is 11.5 Å². The van der Waals surface area contributed by atoms with Crippen LogP contribution in [0.2, 0.25) is 0 Å². The van der Waals surface area contributed by atoms with Crippen LogP contribution in [0.5, 0.6) is 11.5 Å². The zero-order valence-corrected chi connectivity index (χ0v) is 20.1. The number of carbonyl (C=O) groups excluding carboxylic acids is 2. The van der Waals surface area contributed by atoms with E-state index in [9.17, 15) is 9.59 Å². The van der Waals surface area contributed by atoms with Crippen molar-refractivity contribution >= 4 is 33.5 Å². The van der Waals surface area contributed by atoms with Gasteiger partial charge in [0.15, 0.2) is 0 Å². The minimum Gasteiger partial charge on any atom is -0.422 e. The molecule has 36 heavy (non-hydrogen) atoms. The molecule has 0 N–H and O–H groups in total. The van der Waals surface area contributed by atoms with Crippen molar-refractivity contribution in [3.05, 3.63) is 120 Å². The van der Waals surface area contributed by atoms with Crippen LogP contribution in [0.25, 0.3) is 21.5 Å². The molecule has 4 heteroatoms. The smallest absolute Gasteiger partial charge is 0.343 e. The van der Waals surface area contributed by atoms with Gasteiger partial charge in [0.05, 0.1) is 11.1 Å². The van der Waals surface area contributed by atoms with E-state index < -0.39 is 11.9 Å². The first kappa shape index (κ1) is 23.3. The first-order valence-corrected chi connectivity index (χ1v) is 12.2. The van der Waals surface area contributed by atoms with Gasteiger partial charge in [0.2, 0.25) is 0 Å². The molecule has 0 aliphatic heterocycles. The zero-order chi connectivity index (χ0) is 24.9. The van der Waals surface area contributed by atoms with Crippen LogP contribution in [-0.2, 0) is 6.42 Å². The normalized spacial score (nSPS) is 10.9. The average Bonchev–Trinajstić information content (AvgIpc) is 2.94. The Morgan fingerprint density at radius 2 is 1.08 bits per heavy atom. The molecular weight excluding hydrogens is 448 g/mol.